The molecule has 148 valence electrons. The van der Waals surface area contributed by atoms with Gasteiger partial charge >= 0.3 is 11.0 Å². The van der Waals surface area contributed by atoms with Gasteiger partial charge in [-0.3, -0.25) is 20.2 Å². The molecule has 8 nitrogen and oxygen atoms in total. The number of thiophene rings is 1. The third kappa shape index (κ3) is 5.12. The van der Waals surface area contributed by atoms with Crippen molar-refractivity contribution in [2.24, 2.45) is 0 Å². The zero-order valence-electron chi connectivity index (χ0n) is 15.2. The van der Waals surface area contributed by atoms with E-state index in [0.29, 0.717) is 15.4 Å². The van der Waals surface area contributed by atoms with Crippen molar-refractivity contribution in [1.82, 2.24) is 4.98 Å². The van der Waals surface area contributed by atoms with Gasteiger partial charge in [-0.15, -0.1) is 0 Å². The molecule has 1 aromatic carbocycles. The molecule has 0 unspecified atom stereocenters. The lowest BCUT2D eigenvalue weighted by atomic mass is 10.1. The van der Waals surface area contributed by atoms with E-state index in [1.807, 2.05) is 30.3 Å². The Balaban J connectivity index is 1.79. The molecule has 0 spiro atoms. The van der Waals surface area contributed by atoms with Crippen LogP contribution in [0.4, 0.5) is 10.1 Å². The molecule has 1 amide bonds. The fourth-order valence-electron chi connectivity index (χ4n) is 2.34. The Bertz CT molecular complexity index is 1070. The lowest BCUT2D eigenvalue weighted by molar-refractivity contribution is -0.380. The van der Waals surface area contributed by atoms with Gasteiger partial charge in [0.05, 0.1) is 17.2 Å². The number of anilines is 1. The molecule has 0 aliphatic heterocycles. The van der Waals surface area contributed by atoms with Crippen LogP contribution >= 0.6 is 22.7 Å². The van der Waals surface area contributed by atoms with Crippen LogP contribution in [0.3, 0.4) is 0 Å². The maximum atomic E-state index is 12.3. The topological polar surface area (TPSA) is 111 Å². The molecule has 10 heteroatoms. The van der Waals surface area contributed by atoms with Crippen molar-refractivity contribution in [1.29, 1.82) is 0 Å². The highest BCUT2D eigenvalue weighted by atomic mass is 32.1. The largest absolute Gasteiger partial charge is 0.462 e. The van der Waals surface area contributed by atoms with E-state index >= 15 is 0 Å². The first kappa shape index (κ1) is 20.4. The van der Waals surface area contributed by atoms with E-state index in [0.717, 1.165) is 28.2 Å². The van der Waals surface area contributed by atoms with Crippen molar-refractivity contribution in [3.05, 3.63) is 68.4 Å². The number of thiazole rings is 1. The van der Waals surface area contributed by atoms with E-state index < -0.39 is 16.8 Å². The van der Waals surface area contributed by atoms with Gasteiger partial charge in [0.2, 0.25) is 5.91 Å². The number of nitrogens with one attached hydrogen (secondary N) is 1. The van der Waals surface area contributed by atoms with Crippen LogP contribution in [0, 0.1) is 10.1 Å². The molecule has 2 heterocycles. The van der Waals surface area contributed by atoms with E-state index in [1.54, 1.807) is 13.0 Å². The molecule has 0 fully saturated rings. The van der Waals surface area contributed by atoms with Gasteiger partial charge in [-0.05, 0) is 19.1 Å². The van der Waals surface area contributed by atoms with Gasteiger partial charge in [0, 0.05) is 22.6 Å². The number of nitrogens with zero attached hydrogens (tertiary/aromatic N) is 2. The molecule has 0 saturated carbocycles. The summed E-state index contributed by atoms with van der Waals surface area (Å²) in [5.74, 6) is -0.976. The standard InChI is InChI=1S/C19H15N3O5S2/c1-2-27-18(24)17-16(12-6-4-3-5-7-12)21-19(29-17)20-14(23)10-8-13-9-11-15(28-13)22(25)26/h3-11H,2H2,1H3,(H,20,21,23). The number of carbonyl (C=O) groups is 2. The summed E-state index contributed by atoms with van der Waals surface area (Å²) in [7, 11) is 0. The Hall–Kier alpha value is -3.37. The number of nitro groups is 1. The molecule has 3 rings (SSSR count). The van der Waals surface area contributed by atoms with E-state index in [1.165, 1.54) is 18.2 Å². The van der Waals surface area contributed by atoms with Crippen LogP contribution in [-0.2, 0) is 9.53 Å². The quantitative estimate of drug-likeness (QED) is 0.254. The fourth-order valence-corrected chi connectivity index (χ4v) is 3.94. The SMILES string of the molecule is CCOC(=O)c1sc(NC(=O)C=Cc2ccc([N+](=O)[O-])s2)nc1-c1ccccc1. The van der Waals surface area contributed by atoms with Crippen LogP contribution < -0.4 is 5.32 Å². The first-order valence-corrected chi connectivity index (χ1v) is 10.1. The minimum absolute atomic E-state index is 0.00318. The maximum absolute atomic E-state index is 12.3. The summed E-state index contributed by atoms with van der Waals surface area (Å²) in [5.41, 5.74) is 1.16. The minimum Gasteiger partial charge on any atom is -0.462 e. The second kappa shape index (κ2) is 9.22. The second-order valence-electron chi connectivity index (χ2n) is 5.54. The molecular formula is C19H15N3O5S2. The van der Waals surface area contributed by atoms with Gasteiger partial charge in [-0.25, -0.2) is 9.78 Å². The van der Waals surface area contributed by atoms with Crippen LogP contribution in [0.2, 0.25) is 0 Å². The van der Waals surface area contributed by atoms with E-state index in [-0.39, 0.29) is 16.7 Å². The average Bonchev–Trinajstić information content (AvgIpc) is 3.35. The Kier molecular flexibility index (Phi) is 6.47. The Morgan fingerprint density at radius 2 is 1.97 bits per heavy atom. The van der Waals surface area contributed by atoms with Crippen molar-refractivity contribution in [3.8, 4) is 11.3 Å². The van der Waals surface area contributed by atoms with Gasteiger partial charge in [-0.2, -0.15) is 0 Å². The molecule has 2 aromatic heterocycles. The van der Waals surface area contributed by atoms with Crippen LogP contribution in [-0.4, -0.2) is 28.4 Å². The van der Waals surface area contributed by atoms with Gasteiger partial charge < -0.3 is 4.74 Å². The van der Waals surface area contributed by atoms with Crippen LogP contribution in [0.25, 0.3) is 17.3 Å². The number of hydrogen-bond acceptors (Lipinski definition) is 8. The summed E-state index contributed by atoms with van der Waals surface area (Å²) in [6.45, 7) is 1.94. The van der Waals surface area contributed by atoms with Crippen LogP contribution in [0.1, 0.15) is 21.5 Å². The van der Waals surface area contributed by atoms with Crippen molar-refractivity contribution in [2.45, 2.75) is 6.92 Å². The predicted octanol–water partition coefficient (Wildman–Crippen LogP) is 4.61. The maximum Gasteiger partial charge on any atom is 0.350 e. The minimum atomic E-state index is -0.509. The predicted molar refractivity (Wildman–Crippen MR) is 112 cm³/mol. The van der Waals surface area contributed by atoms with E-state index in [4.69, 9.17) is 4.74 Å². The summed E-state index contributed by atoms with van der Waals surface area (Å²) in [4.78, 5) is 39.9. The zero-order chi connectivity index (χ0) is 20.8. The summed E-state index contributed by atoms with van der Waals surface area (Å²) in [6.07, 6.45) is 2.73. The third-order valence-corrected chi connectivity index (χ3v) is 5.51. The highest BCUT2D eigenvalue weighted by molar-refractivity contribution is 7.18. The van der Waals surface area contributed by atoms with E-state index in [2.05, 4.69) is 10.3 Å². The van der Waals surface area contributed by atoms with Crippen LogP contribution in [0.15, 0.2) is 48.5 Å². The highest BCUT2D eigenvalue weighted by Gasteiger charge is 2.21. The normalized spacial score (nSPS) is 10.8. The van der Waals surface area contributed by atoms with Gasteiger partial charge in [0.1, 0.15) is 4.88 Å². The smallest absolute Gasteiger partial charge is 0.350 e. The number of amides is 1. The molecular weight excluding hydrogens is 414 g/mol. The van der Waals surface area contributed by atoms with Crippen molar-refractivity contribution >= 4 is 50.8 Å². The number of hydrogen-bond donors (Lipinski definition) is 1. The van der Waals surface area contributed by atoms with Gasteiger partial charge in [0.15, 0.2) is 5.13 Å². The van der Waals surface area contributed by atoms with Crippen molar-refractivity contribution in [2.75, 3.05) is 11.9 Å². The van der Waals surface area contributed by atoms with Crippen LogP contribution in [0.5, 0.6) is 0 Å². The third-order valence-electron chi connectivity index (χ3n) is 3.56. The summed E-state index contributed by atoms with van der Waals surface area (Å²) >= 11 is 1.98. The summed E-state index contributed by atoms with van der Waals surface area (Å²) in [6, 6.07) is 12.1. The molecule has 0 aliphatic carbocycles. The number of benzene rings is 1. The Morgan fingerprint density at radius 3 is 2.62 bits per heavy atom. The first-order valence-electron chi connectivity index (χ1n) is 8.44. The average molecular weight is 429 g/mol. The molecule has 0 saturated heterocycles. The van der Waals surface area contributed by atoms with Crippen molar-refractivity contribution in [3.63, 3.8) is 0 Å². The summed E-state index contributed by atoms with van der Waals surface area (Å²) in [5, 5.41) is 13.6. The monoisotopic (exact) mass is 429 g/mol. The highest BCUT2D eigenvalue weighted by Crippen LogP contribution is 2.32. The molecule has 29 heavy (non-hydrogen) atoms. The number of carbonyl (C=O) groups excluding carboxylic acids is 2. The Morgan fingerprint density at radius 1 is 1.21 bits per heavy atom. The zero-order valence-corrected chi connectivity index (χ0v) is 16.8. The molecule has 0 aliphatic rings. The molecule has 0 atom stereocenters. The molecule has 0 radical (unpaired) electrons. The molecule has 1 N–H and O–H groups in total. The fraction of sp³-hybridized carbons (Fsp3) is 0.105. The number of esters is 1. The van der Waals surface area contributed by atoms with E-state index in [9.17, 15) is 19.7 Å². The molecule has 3 aromatic rings. The lowest BCUT2D eigenvalue weighted by Crippen LogP contribution is -2.07. The summed E-state index contributed by atoms with van der Waals surface area (Å²) < 4.78 is 5.09. The van der Waals surface area contributed by atoms with Crippen molar-refractivity contribution < 1.29 is 19.2 Å². The molecule has 0 bridgehead atoms. The van der Waals surface area contributed by atoms with Gasteiger partial charge in [-0.1, -0.05) is 53.0 Å². The second-order valence-corrected chi connectivity index (χ2v) is 7.63. The van der Waals surface area contributed by atoms with Gasteiger partial charge in [0.25, 0.3) is 0 Å². The lowest BCUT2D eigenvalue weighted by Gasteiger charge is -2.01. The number of rotatable bonds is 7. The number of ether oxygens (including phenoxy) is 1. The first-order chi connectivity index (χ1) is 14.0. The Labute approximate surface area is 173 Å². The number of aromatic nitrogens is 1.